The summed E-state index contributed by atoms with van der Waals surface area (Å²) in [6.07, 6.45) is -14.8. The number of hydrogen-bond acceptors (Lipinski definition) is 4. The topological polar surface area (TPSA) is 57.7 Å². The molecule has 0 aliphatic heterocycles. The summed E-state index contributed by atoms with van der Waals surface area (Å²) in [6, 6.07) is 3.75. The number of alkyl halides is 9. The Balaban J connectivity index is 2.03. The molecule has 0 saturated carbocycles. The van der Waals surface area contributed by atoms with E-state index < -0.39 is 47.3 Å². The zero-order chi connectivity index (χ0) is 24.6. The fourth-order valence-electron chi connectivity index (χ4n) is 2.90. The van der Waals surface area contributed by atoms with Gasteiger partial charge in [0.05, 0.1) is 16.7 Å². The van der Waals surface area contributed by atoms with E-state index in [1.165, 1.54) is 0 Å². The fraction of sp³-hybridized carbons (Fsp3) is 0.278. The van der Waals surface area contributed by atoms with Gasteiger partial charge in [-0.15, -0.1) is 5.10 Å². The summed E-state index contributed by atoms with van der Waals surface area (Å²) in [4.78, 5) is 1.08. The molecule has 15 heteroatoms. The highest BCUT2D eigenvalue weighted by atomic mass is 79.9. The second kappa shape index (κ2) is 8.83. The van der Waals surface area contributed by atoms with Gasteiger partial charge in [-0.2, -0.15) is 44.7 Å². The standard InChI is InChI=1S/C18H11BrF9N5/c19-14-2-1-11(16(20,21)22)5-10(14)8-33(15-29-31-32-30-15)7-9-3-12(17(23,24)25)6-13(4-9)18(26,27)28/h1-6H,7-8H2,(H,29,30,31,32). The highest BCUT2D eigenvalue weighted by Crippen LogP contribution is 2.37. The third kappa shape index (κ3) is 6.15. The molecule has 3 rings (SSSR count). The van der Waals surface area contributed by atoms with Crippen molar-refractivity contribution in [1.29, 1.82) is 0 Å². The van der Waals surface area contributed by atoms with E-state index in [0.717, 1.165) is 23.1 Å². The quantitative estimate of drug-likeness (QED) is 0.385. The van der Waals surface area contributed by atoms with E-state index >= 15 is 0 Å². The van der Waals surface area contributed by atoms with Crippen LogP contribution >= 0.6 is 15.9 Å². The number of benzene rings is 2. The molecule has 0 bridgehead atoms. The zero-order valence-corrected chi connectivity index (χ0v) is 17.5. The molecule has 178 valence electrons. The van der Waals surface area contributed by atoms with Crippen LogP contribution in [0.1, 0.15) is 27.8 Å². The zero-order valence-electron chi connectivity index (χ0n) is 15.9. The molecule has 0 atom stereocenters. The number of H-pyrrole nitrogens is 1. The lowest BCUT2D eigenvalue weighted by molar-refractivity contribution is -0.143. The number of aromatic nitrogens is 4. The number of halogens is 10. The second-order valence-electron chi connectivity index (χ2n) is 6.79. The minimum Gasteiger partial charge on any atom is -0.330 e. The molecule has 0 saturated heterocycles. The number of anilines is 1. The van der Waals surface area contributed by atoms with Crippen LogP contribution in [0.4, 0.5) is 45.5 Å². The van der Waals surface area contributed by atoms with Crippen molar-refractivity contribution in [2.75, 3.05) is 4.90 Å². The highest BCUT2D eigenvalue weighted by Gasteiger charge is 2.37. The first-order valence-electron chi connectivity index (χ1n) is 8.77. The Morgan fingerprint density at radius 1 is 0.758 bits per heavy atom. The Bertz CT molecular complexity index is 1080. The van der Waals surface area contributed by atoms with Gasteiger partial charge in [-0.25, -0.2) is 0 Å². The van der Waals surface area contributed by atoms with Gasteiger partial charge in [-0.1, -0.05) is 21.0 Å². The summed E-state index contributed by atoms with van der Waals surface area (Å²) in [6.45, 7) is -0.975. The summed E-state index contributed by atoms with van der Waals surface area (Å²) < 4.78 is 119. The van der Waals surface area contributed by atoms with E-state index in [1.54, 1.807) is 0 Å². The first kappa shape index (κ1) is 24.8. The van der Waals surface area contributed by atoms with Gasteiger partial charge >= 0.3 is 18.5 Å². The molecule has 0 fully saturated rings. The summed E-state index contributed by atoms with van der Waals surface area (Å²) in [5.74, 6) is -0.245. The van der Waals surface area contributed by atoms with Crippen molar-refractivity contribution in [3.63, 3.8) is 0 Å². The molecule has 3 aromatic rings. The molecule has 0 amide bonds. The van der Waals surface area contributed by atoms with Crippen LogP contribution in [-0.2, 0) is 31.6 Å². The van der Waals surface area contributed by atoms with Gasteiger partial charge in [0.1, 0.15) is 0 Å². The summed E-state index contributed by atoms with van der Waals surface area (Å²) >= 11 is 3.09. The predicted molar refractivity (Wildman–Crippen MR) is 99.7 cm³/mol. The third-order valence-electron chi connectivity index (χ3n) is 4.37. The van der Waals surface area contributed by atoms with Crippen molar-refractivity contribution in [2.24, 2.45) is 0 Å². The number of nitrogens with zero attached hydrogens (tertiary/aromatic N) is 4. The van der Waals surface area contributed by atoms with Crippen molar-refractivity contribution in [3.8, 4) is 0 Å². The lowest BCUT2D eigenvalue weighted by atomic mass is 10.0. The maximum absolute atomic E-state index is 13.2. The van der Waals surface area contributed by atoms with Crippen LogP contribution in [0.3, 0.4) is 0 Å². The van der Waals surface area contributed by atoms with Crippen molar-refractivity contribution in [3.05, 3.63) is 68.7 Å². The molecule has 0 radical (unpaired) electrons. The van der Waals surface area contributed by atoms with E-state index in [1.807, 2.05) is 0 Å². The number of hydrogen-bond donors (Lipinski definition) is 1. The Morgan fingerprint density at radius 3 is 1.82 bits per heavy atom. The molecule has 0 unspecified atom stereocenters. The van der Waals surface area contributed by atoms with Gasteiger partial charge in [0.15, 0.2) is 0 Å². The number of rotatable bonds is 5. The Morgan fingerprint density at radius 2 is 1.33 bits per heavy atom. The van der Waals surface area contributed by atoms with Crippen LogP contribution in [0.2, 0.25) is 0 Å². The van der Waals surface area contributed by atoms with Crippen LogP contribution in [-0.4, -0.2) is 20.6 Å². The molecule has 0 aliphatic rings. The Kier molecular flexibility index (Phi) is 6.64. The van der Waals surface area contributed by atoms with E-state index in [-0.39, 0.29) is 28.6 Å². The maximum Gasteiger partial charge on any atom is 0.416 e. The maximum atomic E-state index is 13.2. The van der Waals surface area contributed by atoms with E-state index in [9.17, 15) is 39.5 Å². The molecule has 0 spiro atoms. The van der Waals surface area contributed by atoms with Gasteiger partial charge in [-0.3, -0.25) is 0 Å². The molecule has 1 heterocycles. The van der Waals surface area contributed by atoms with Gasteiger partial charge in [-0.05, 0) is 52.7 Å². The van der Waals surface area contributed by atoms with Crippen molar-refractivity contribution in [1.82, 2.24) is 20.6 Å². The largest absolute Gasteiger partial charge is 0.416 e. The molecular weight excluding hydrogens is 537 g/mol. The smallest absolute Gasteiger partial charge is 0.330 e. The average Bonchev–Trinajstić information content (AvgIpc) is 3.21. The molecular formula is C18H11BrF9N5. The normalized spacial score (nSPS) is 12.8. The lowest BCUT2D eigenvalue weighted by Gasteiger charge is -2.23. The van der Waals surface area contributed by atoms with Crippen molar-refractivity contribution in [2.45, 2.75) is 31.6 Å². The Labute approximate surface area is 187 Å². The Hall–Kier alpha value is -2.84. The van der Waals surface area contributed by atoms with Gasteiger partial charge in [0.25, 0.3) is 5.95 Å². The number of aromatic amines is 1. The minimum absolute atomic E-state index is 0.0222. The van der Waals surface area contributed by atoms with E-state index in [2.05, 4.69) is 36.6 Å². The number of tetrazole rings is 1. The summed E-state index contributed by atoms with van der Waals surface area (Å²) in [5, 5.41) is 12.7. The first-order valence-corrected chi connectivity index (χ1v) is 9.56. The van der Waals surface area contributed by atoms with Crippen LogP contribution < -0.4 is 4.90 Å². The number of nitrogens with one attached hydrogen (secondary N) is 1. The third-order valence-corrected chi connectivity index (χ3v) is 5.15. The molecule has 5 nitrogen and oxygen atoms in total. The summed E-state index contributed by atoms with van der Waals surface area (Å²) in [5.41, 5.74) is -4.42. The first-order chi connectivity index (χ1) is 15.1. The summed E-state index contributed by atoms with van der Waals surface area (Å²) in [7, 11) is 0. The van der Waals surface area contributed by atoms with Gasteiger partial charge in [0.2, 0.25) is 0 Å². The van der Waals surface area contributed by atoms with E-state index in [0.29, 0.717) is 12.1 Å². The average molecular weight is 548 g/mol. The molecule has 2 aromatic carbocycles. The monoisotopic (exact) mass is 547 g/mol. The van der Waals surface area contributed by atoms with Crippen LogP contribution in [0, 0.1) is 0 Å². The SMILES string of the molecule is FC(F)(F)c1cc(CN(Cc2cc(C(F)(F)F)ccc2Br)c2nn[nH]n2)cc(C(F)(F)F)c1. The molecule has 1 N–H and O–H groups in total. The van der Waals surface area contributed by atoms with Crippen molar-refractivity contribution >= 4 is 21.9 Å². The lowest BCUT2D eigenvalue weighted by Crippen LogP contribution is -2.25. The van der Waals surface area contributed by atoms with Gasteiger partial charge in [0, 0.05) is 17.6 Å². The molecule has 33 heavy (non-hydrogen) atoms. The van der Waals surface area contributed by atoms with Gasteiger partial charge < -0.3 is 4.90 Å². The minimum atomic E-state index is -5.06. The second-order valence-corrected chi connectivity index (χ2v) is 7.64. The van der Waals surface area contributed by atoms with Crippen LogP contribution in [0.15, 0.2) is 40.9 Å². The molecule has 1 aromatic heterocycles. The van der Waals surface area contributed by atoms with E-state index in [4.69, 9.17) is 0 Å². The predicted octanol–water partition coefficient (Wildman–Crippen LogP) is 6.23. The molecule has 0 aliphatic carbocycles. The fourth-order valence-corrected chi connectivity index (χ4v) is 3.27. The van der Waals surface area contributed by atoms with Crippen LogP contribution in [0.5, 0.6) is 0 Å². The van der Waals surface area contributed by atoms with Crippen LogP contribution in [0.25, 0.3) is 0 Å². The highest BCUT2D eigenvalue weighted by molar-refractivity contribution is 9.10. The van der Waals surface area contributed by atoms with Crippen molar-refractivity contribution < 1.29 is 39.5 Å².